The van der Waals surface area contributed by atoms with Gasteiger partial charge in [0.05, 0.1) is 5.16 Å². The van der Waals surface area contributed by atoms with E-state index in [0.717, 1.165) is 5.16 Å². The molecular formula is C7H16ClNSi. The molecule has 0 radical (unpaired) electrons. The van der Waals surface area contributed by atoms with Crippen LogP contribution in [0.2, 0.25) is 19.6 Å². The average Bonchev–Trinajstić information content (AvgIpc) is 1.83. The Morgan fingerprint density at radius 2 is 1.80 bits per heavy atom. The number of rotatable bonds is 2. The molecule has 0 saturated carbocycles. The highest BCUT2D eigenvalue weighted by Crippen LogP contribution is 2.16. The smallest absolute Gasteiger partial charge is 0.148 e. The van der Waals surface area contributed by atoms with Crippen molar-refractivity contribution in [2.45, 2.75) is 26.6 Å². The Bertz CT molecular complexity index is 137. The Kier molecular flexibility index (Phi) is 3.46. The van der Waals surface area contributed by atoms with Crippen LogP contribution < -0.4 is 0 Å². The molecule has 0 N–H and O–H groups in total. The number of nitrogens with zero attached hydrogens (tertiary/aromatic N) is 1. The van der Waals surface area contributed by atoms with Gasteiger partial charge in [0.25, 0.3) is 0 Å². The van der Waals surface area contributed by atoms with Crippen molar-refractivity contribution >= 4 is 19.8 Å². The number of halogens is 1. The van der Waals surface area contributed by atoms with Crippen molar-refractivity contribution in [3.05, 3.63) is 11.2 Å². The van der Waals surface area contributed by atoms with Crippen LogP contribution in [-0.4, -0.2) is 19.8 Å². The van der Waals surface area contributed by atoms with Crippen LogP contribution in [0.4, 0.5) is 0 Å². The van der Waals surface area contributed by atoms with Crippen LogP contribution in [0.15, 0.2) is 11.2 Å². The average molecular weight is 178 g/mol. The normalized spacial score (nSPS) is 13.6. The minimum absolute atomic E-state index is 0.860. The molecule has 0 saturated heterocycles. The standard InChI is InChI=1S/C7H16ClNSi/c1-6-7(8)9(2)10(3,4)5/h6H,1-5H3. The van der Waals surface area contributed by atoms with Crippen molar-refractivity contribution in [1.82, 2.24) is 4.57 Å². The molecule has 0 spiro atoms. The van der Waals surface area contributed by atoms with E-state index >= 15 is 0 Å². The molecule has 0 unspecified atom stereocenters. The lowest BCUT2D eigenvalue weighted by atomic mass is 10.7. The number of allylic oxidation sites excluding steroid dienone is 1. The highest BCUT2D eigenvalue weighted by Gasteiger charge is 2.20. The zero-order valence-electron chi connectivity index (χ0n) is 7.40. The van der Waals surface area contributed by atoms with Crippen molar-refractivity contribution in [2.24, 2.45) is 0 Å². The summed E-state index contributed by atoms with van der Waals surface area (Å²) < 4.78 is 2.18. The van der Waals surface area contributed by atoms with Crippen molar-refractivity contribution < 1.29 is 0 Å². The van der Waals surface area contributed by atoms with Crippen LogP contribution >= 0.6 is 11.6 Å². The fourth-order valence-electron chi connectivity index (χ4n) is 0.514. The third kappa shape index (κ3) is 2.75. The second kappa shape index (κ2) is 3.44. The first kappa shape index (κ1) is 10.0. The lowest BCUT2D eigenvalue weighted by Gasteiger charge is -2.31. The molecule has 3 heteroatoms. The molecule has 10 heavy (non-hydrogen) atoms. The zero-order chi connectivity index (χ0) is 8.36. The molecule has 1 nitrogen and oxygen atoms in total. The molecule has 0 bridgehead atoms. The van der Waals surface area contributed by atoms with Crippen LogP contribution in [-0.2, 0) is 0 Å². The first-order chi connectivity index (χ1) is 4.39. The summed E-state index contributed by atoms with van der Waals surface area (Å²) in [6.07, 6.45) is 1.93. The highest BCUT2D eigenvalue weighted by atomic mass is 35.5. The van der Waals surface area contributed by atoms with E-state index in [0.29, 0.717) is 0 Å². The molecular weight excluding hydrogens is 162 g/mol. The largest absolute Gasteiger partial charge is 0.392 e. The van der Waals surface area contributed by atoms with E-state index in [9.17, 15) is 0 Å². The molecule has 0 amide bonds. The van der Waals surface area contributed by atoms with Crippen LogP contribution in [0, 0.1) is 0 Å². The van der Waals surface area contributed by atoms with Gasteiger partial charge in [0, 0.05) is 0 Å². The first-order valence-electron chi connectivity index (χ1n) is 3.45. The predicted molar refractivity (Wildman–Crippen MR) is 50.7 cm³/mol. The maximum absolute atomic E-state index is 5.92. The fraction of sp³-hybridized carbons (Fsp3) is 0.714. The molecule has 0 rings (SSSR count). The molecule has 0 fully saturated rings. The molecule has 0 aliphatic rings. The van der Waals surface area contributed by atoms with Gasteiger partial charge in [-0.15, -0.1) is 0 Å². The third-order valence-electron chi connectivity index (χ3n) is 1.56. The van der Waals surface area contributed by atoms with Gasteiger partial charge >= 0.3 is 0 Å². The van der Waals surface area contributed by atoms with E-state index in [1.54, 1.807) is 0 Å². The molecule has 0 atom stereocenters. The van der Waals surface area contributed by atoms with Crippen LogP contribution in [0.3, 0.4) is 0 Å². The van der Waals surface area contributed by atoms with E-state index in [1.165, 1.54) is 0 Å². The van der Waals surface area contributed by atoms with E-state index in [2.05, 4.69) is 31.3 Å². The summed E-state index contributed by atoms with van der Waals surface area (Å²) >= 11 is 5.92. The molecule has 0 aliphatic heterocycles. The van der Waals surface area contributed by atoms with E-state index in [-0.39, 0.29) is 0 Å². The van der Waals surface area contributed by atoms with Crippen LogP contribution in [0.5, 0.6) is 0 Å². The van der Waals surface area contributed by atoms with Gasteiger partial charge in [0.15, 0.2) is 0 Å². The van der Waals surface area contributed by atoms with Crippen LogP contribution in [0.25, 0.3) is 0 Å². The second-order valence-electron chi connectivity index (χ2n) is 3.34. The van der Waals surface area contributed by atoms with Crippen molar-refractivity contribution in [3.8, 4) is 0 Å². The van der Waals surface area contributed by atoms with Crippen LogP contribution in [0.1, 0.15) is 6.92 Å². The van der Waals surface area contributed by atoms with Gasteiger partial charge < -0.3 is 4.57 Å². The number of hydrogen-bond donors (Lipinski definition) is 0. The molecule has 0 aromatic rings. The Labute approximate surface area is 69.8 Å². The zero-order valence-corrected chi connectivity index (χ0v) is 9.16. The monoisotopic (exact) mass is 177 g/mol. The minimum Gasteiger partial charge on any atom is -0.392 e. The first-order valence-corrected chi connectivity index (χ1v) is 7.27. The van der Waals surface area contributed by atoms with E-state index in [1.807, 2.05) is 13.0 Å². The Hall–Kier alpha value is 0.0469. The van der Waals surface area contributed by atoms with Crippen molar-refractivity contribution in [3.63, 3.8) is 0 Å². The van der Waals surface area contributed by atoms with Gasteiger partial charge in [-0.1, -0.05) is 37.3 Å². The van der Waals surface area contributed by atoms with Crippen molar-refractivity contribution in [2.75, 3.05) is 7.05 Å². The molecule has 0 aromatic heterocycles. The van der Waals surface area contributed by atoms with Gasteiger partial charge in [0.1, 0.15) is 8.24 Å². The SMILES string of the molecule is CC=C(Cl)N(C)[Si](C)(C)C. The van der Waals surface area contributed by atoms with Gasteiger partial charge in [-0.25, -0.2) is 0 Å². The molecule has 0 aliphatic carbocycles. The van der Waals surface area contributed by atoms with Gasteiger partial charge in [-0.2, -0.15) is 0 Å². The van der Waals surface area contributed by atoms with Gasteiger partial charge in [-0.3, -0.25) is 0 Å². The second-order valence-corrected chi connectivity index (χ2v) is 8.74. The summed E-state index contributed by atoms with van der Waals surface area (Å²) in [5.41, 5.74) is 0. The molecule has 60 valence electrons. The molecule has 0 aromatic carbocycles. The fourth-order valence-corrected chi connectivity index (χ4v) is 2.04. The third-order valence-corrected chi connectivity index (χ3v) is 4.43. The Balaban J connectivity index is 4.23. The lowest BCUT2D eigenvalue weighted by molar-refractivity contribution is 0.671. The quantitative estimate of drug-likeness (QED) is 0.463. The maximum atomic E-state index is 5.92. The summed E-state index contributed by atoms with van der Waals surface area (Å²) in [7, 11) is 0.839. The highest BCUT2D eigenvalue weighted by molar-refractivity contribution is 6.74. The summed E-state index contributed by atoms with van der Waals surface area (Å²) in [6.45, 7) is 8.75. The Morgan fingerprint density at radius 3 is 1.90 bits per heavy atom. The maximum Gasteiger partial charge on any atom is 0.148 e. The summed E-state index contributed by atoms with van der Waals surface area (Å²) in [5.74, 6) is 0. The van der Waals surface area contributed by atoms with Gasteiger partial charge in [0.2, 0.25) is 0 Å². The summed E-state index contributed by atoms with van der Waals surface area (Å²) in [5, 5.41) is 0.860. The van der Waals surface area contributed by atoms with Crippen molar-refractivity contribution in [1.29, 1.82) is 0 Å². The topological polar surface area (TPSA) is 3.24 Å². The summed E-state index contributed by atoms with van der Waals surface area (Å²) in [6, 6.07) is 0. The lowest BCUT2D eigenvalue weighted by Crippen LogP contribution is -2.40. The molecule has 0 heterocycles. The Morgan fingerprint density at radius 1 is 1.40 bits per heavy atom. The number of hydrogen-bond acceptors (Lipinski definition) is 1. The van der Waals surface area contributed by atoms with E-state index < -0.39 is 8.24 Å². The minimum atomic E-state index is -1.21. The predicted octanol–water partition coefficient (Wildman–Crippen LogP) is 2.85. The van der Waals surface area contributed by atoms with E-state index in [4.69, 9.17) is 11.6 Å². The summed E-state index contributed by atoms with van der Waals surface area (Å²) in [4.78, 5) is 0. The van der Waals surface area contributed by atoms with Gasteiger partial charge in [-0.05, 0) is 14.0 Å².